The van der Waals surface area contributed by atoms with Gasteiger partial charge in [-0.3, -0.25) is 5.10 Å². The topological polar surface area (TPSA) is 73.5 Å². The minimum atomic E-state index is -0.210. The largest absolute Gasteiger partial charge is 0.370 e. The number of anilines is 1. The van der Waals surface area contributed by atoms with Crippen LogP contribution in [-0.2, 0) is 6.54 Å². The van der Waals surface area contributed by atoms with Gasteiger partial charge in [0.05, 0.1) is 12.2 Å². The summed E-state index contributed by atoms with van der Waals surface area (Å²) in [6.07, 6.45) is 0. The Kier molecular flexibility index (Phi) is 4.69. The molecule has 6 nitrogen and oxygen atoms in total. The lowest BCUT2D eigenvalue weighted by molar-refractivity contribution is 0.380. The molecule has 2 aromatic rings. The highest BCUT2D eigenvalue weighted by molar-refractivity contribution is 5.78. The van der Waals surface area contributed by atoms with Crippen LogP contribution < -0.4 is 10.6 Å². The molecule has 3 rings (SSSR count). The third kappa shape index (κ3) is 3.50. The number of piperazine rings is 1. The highest BCUT2D eigenvalue weighted by atomic mass is 19.1. The van der Waals surface area contributed by atoms with Gasteiger partial charge in [-0.25, -0.2) is 9.38 Å². The average molecular weight is 330 g/mol. The molecular formula is C17H23FN6. The van der Waals surface area contributed by atoms with Crippen LogP contribution >= 0.6 is 0 Å². The number of guanidine groups is 1. The number of rotatable bonds is 3. The van der Waals surface area contributed by atoms with Gasteiger partial charge in [0, 0.05) is 43.1 Å². The predicted octanol–water partition coefficient (Wildman–Crippen LogP) is 1.80. The van der Waals surface area contributed by atoms with Crippen molar-refractivity contribution in [2.24, 2.45) is 10.7 Å². The normalized spacial score (nSPS) is 15.9. The Bertz CT molecular complexity index is 694. The number of hydrogen-bond acceptors (Lipinski definition) is 3. The lowest BCUT2D eigenvalue weighted by Gasteiger charge is -2.36. The van der Waals surface area contributed by atoms with E-state index >= 15 is 0 Å². The minimum Gasteiger partial charge on any atom is -0.370 e. The van der Waals surface area contributed by atoms with Gasteiger partial charge in [0.2, 0.25) is 0 Å². The van der Waals surface area contributed by atoms with Crippen molar-refractivity contribution in [1.82, 2.24) is 15.1 Å². The molecule has 1 aromatic heterocycles. The van der Waals surface area contributed by atoms with Crippen LogP contribution in [-0.4, -0.2) is 47.2 Å². The van der Waals surface area contributed by atoms with E-state index < -0.39 is 0 Å². The fraction of sp³-hybridized carbons (Fsp3) is 0.412. The number of aliphatic imine (C=N–C) groups is 1. The second-order valence-electron chi connectivity index (χ2n) is 6.04. The van der Waals surface area contributed by atoms with Crippen LogP contribution in [0.15, 0.2) is 29.3 Å². The third-order valence-electron chi connectivity index (χ3n) is 4.48. The van der Waals surface area contributed by atoms with Crippen LogP contribution in [0.25, 0.3) is 0 Å². The molecule has 1 aromatic carbocycles. The Hall–Kier alpha value is -2.57. The quantitative estimate of drug-likeness (QED) is 0.665. The molecule has 0 atom stereocenters. The molecule has 2 heterocycles. The number of H-pyrrole nitrogens is 1. The Morgan fingerprint density at radius 2 is 1.88 bits per heavy atom. The van der Waals surface area contributed by atoms with Crippen molar-refractivity contribution in [2.75, 3.05) is 31.1 Å². The highest BCUT2D eigenvalue weighted by Crippen LogP contribution is 2.17. The molecule has 0 bridgehead atoms. The van der Waals surface area contributed by atoms with E-state index in [4.69, 9.17) is 5.73 Å². The van der Waals surface area contributed by atoms with Crippen LogP contribution in [0.2, 0.25) is 0 Å². The van der Waals surface area contributed by atoms with E-state index in [0.29, 0.717) is 12.5 Å². The van der Waals surface area contributed by atoms with Gasteiger partial charge in [-0.15, -0.1) is 0 Å². The van der Waals surface area contributed by atoms with Gasteiger partial charge < -0.3 is 15.5 Å². The first-order chi connectivity index (χ1) is 11.5. The molecule has 0 aliphatic carbocycles. The molecule has 1 fully saturated rings. The molecule has 24 heavy (non-hydrogen) atoms. The van der Waals surface area contributed by atoms with Crippen LogP contribution in [0.3, 0.4) is 0 Å². The summed E-state index contributed by atoms with van der Waals surface area (Å²) in [5.41, 5.74) is 10.3. The maximum Gasteiger partial charge on any atom is 0.191 e. The molecule has 7 heteroatoms. The zero-order valence-electron chi connectivity index (χ0n) is 14.1. The van der Waals surface area contributed by atoms with Gasteiger partial charge in [0.15, 0.2) is 5.96 Å². The smallest absolute Gasteiger partial charge is 0.191 e. The molecule has 3 N–H and O–H groups in total. The maximum absolute atomic E-state index is 13.0. The second-order valence-corrected chi connectivity index (χ2v) is 6.04. The number of aryl methyl sites for hydroxylation is 2. The van der Waals surface area contributed by atoms with Crippen LogP contribution in [0.1, 0.15) is 17.0 Å². The summed E-state index contributed by atoms with van der Waals surface area (Å²) in [6, 6.07) is 6.61. The number of hydrogen-bond donors (Lipinski definition) is 2. The Balaban J connectivity index is 1.57. The summed E-state index contributed by atoms with van der Waals surface area (Å²) in [7, 11) is 0. The zero-order valence-corrected chi connectivity index (χ0v) is 14.1. The van der Waals surface area contributed by atoms with Gasteiger partial charge in [0.1, 0.15) is 5.82 Å². The summed E-state index contributed by atoms with van der Waals surface area (Å²) < 4.78 is 13.0. The Morgan fingerprint density at radius 1 is 1.21 bits per heavy atom. The maximum atomic E-state index is 13.0. The Morgan fingerprint density at radius 3 is 2.46 bits per heavy atom. The van der Waals surface area contributed by atoms with Gasteiger partial charge in [-0.2, -0.15) is 5.10 Å². The first kappa shape index (κ1) is 16.3. The fourth-order valence-corrected chi connectivity index (χ4v) is 2.91. The molecular weight excluding hydrogens is 307 g/mol. The van der Waals surface area contributed by atoms with Crippen molar-refractivity contribution in [3.8, 4) is 0 Å². The van der Waals surface area contributed by atoms with Crippen LogP contribution in [0.5, 0.6) is 0 Å². The van der Waals surface area contributed by atoms with Gasteiger partial charge in [0.25, 0.3) is 0 Å². The SMILES string of the molecule is Cc1n[nH]c(C)c1CN=C(N)N1CCN(c2ccc(F)cc2)CC1. The molecule has 0 spiro atoms. The first-order valence-corrected chi connectivity index (χ1v) is 8.10. The molecule has 0 radical (unpaired) electrons. The molecule has 1 saturated heterocycles. The zero-order chi connectivity index (χ0) is 17.1. The lowest BCUT2D eigenvalue weighted by atomic mass is 10.2. The van der Waals surface area contributed by atoms with Gasteiger partial charge in [-0.1, -0.05) is 0 Å². The van der Waals surface area contributed by atoms with Crippen molar-refractivity contribution >= 4 is 11.6 Å². The molecule has 128 valence electrons. The number of benzene rings is 1. The van der Waals surface area contributed by atoms with Crippen LogP contribution in [0.4, 0.5) is 10.1 Å². The summed E-state index contributed by atoms with van der Waals surface area (Å²) in [5, 5.41) is 7.14. The lowest BCUT2D eigenvalue weighted by Crippen LogP contribution is -2.51. The predicted molar refractivity (Wildman–Crippen MR) is 93.6 cm³/mol. The number of nitrogens with zero attached hydrogens (tertiary/aromatic N) is 4. The summed E-state index contributed by atoms with van der Waals surface area (Å²) in [6.45, 7) is 7.77. The van der Waals surface area contributed by atoms with Crippen LogP contribution in [0, 0.1) is 19.7 Å². The monoisotopic (exact) mass is 330 g/mol. The van der Waals surface area contributed by atoms with E-state index in [1.165, 1.54) is 12.1 Å². The molecule has 1 aliphatic heterocycles. The number of nitrogens with two attached hydrogens (primary N) is 1. The van der Waals surface area contributed by atoms with E-state index in [1.54, 1.807) is 0 Å². The molecule has 0 saturated carbocycles. The standard InChI is InChI=1S/C17H23FN6/c1-12-16(13(2)22-21-12)11-20-17(19)24-9-7-23(8-10-24)15-5-3-14(18)4-6-15/h3-6H,7-11H2,1-2H3,(H2,19,20)(H,21,22). The van der Waals surface area contributed by atoms with E-state index in [0.717, 1.165) is 48.8 Å². The third-order valence-corrected chi connectivity index (χ3v) is 4.48. The Labute approximate surface area is 141 Å². The summed E-state index contributed by atoms with van der Waals surface area (Å²) >= 11 is 0. The average Bonchev–Trinajstić information content (AvgIpc) is 2.92. The first-order valence-electron chi connectivity index (χ1n) is 8.10. The summed E-state index contributed by atoms with van der Waals surface area (Å²) in [4.78, 5) is 8.83. The number of halogens is 1. The van der Waals surface area contributed by atoms with E-state index in [1.807, 2.05) is 26.0 Å². The van der Waals surface area contributed by atoms with E-state index in [-0.39, 0.29) is 5.82 Å². The highest BCUT2D eigenvalue weighted by Gasteiger charge is 2.18. The number of nitrogens with one attached hydrogen (secondary N) is 1. The minimum absolute atomic E-state index is 0.210. The number of aromatic nitrogens is 2. The number of aromatic amines is 1. The van der Waals surface area contributed by atoms with Gasteiger partial charge >= 0.3 is 0 Å². The molecule has 0 amide bonds. The molecule has 0 unspecified atom stereocenters. The van der Waals surface area contributed by atoms with Crippen molar-refractivity contribution in [3.63, 3.8) is 0 Å². The fourth-order valence-electron chi connectivity index (χ4n) is 2.91. The second kappa shape index (κ2) is 6.90. The van der Waals surface area contributed by atoms with E-state index in [2.05, 4.69) is 25.0 Å². The van der Waals surface area contributed by atoms with Crippen molar-refractivity contribution in [2.45, 2.75) is 20.4 Å². The van der Waals surface area contributed by atoms with Crippen molar-refractivity contribution in [1.29, 1.82) is 0 Å². The van der Waals surface area contributed by atoms with Gasteiger partial charge in [-0.05, 0) is 38.1 Å². The van der Waals surface area contributed by atoms with Crippen molar-refractivity contribution < 1.29 is 4.39 Å². The molecule has 1 aliphatic rings. The van der Waals surface area contributed by atoms with Crippen molar-refractivity contribution in [3.05, 3.63) is 47.0 Å². The van der Waals surface area contributed by atoms with E-state index in [9.17, 15) is 4.39 Å². The summed E-state index contributed by atoms with van der Waals surface area (Å²) in [5.74, 6) is 0.354.